The van der Waals surface area contributed by atoms with Crippen LogP contribution >= 0.6 is 0 Å². The van der Waals surface area contributed by atoms with E-state index in [0.29, 0.717) is 0 Å². The van der Waals surface area contributed by atoms with Crippen LogP contribution in [0.4, 0.5) is 4.79 Å². The number of amides is 1. The van der Waals surface area contributed by atoms with Gasteiger partial charge in [0.05, 0.1) is 0 Å². The molecule has 5 heteroatoms. The van der Waals surface area contributed by atoms with Crippen LogP contribution in [0.25, 0.3) is 0 Å². The Morgan fingerprint density at radius 3 is 2.67 bits per heavy atom. The van der Waals surface area contributed by atoms with Crippen molar-refractivity contribution in [3.8, 4) is 0 Å². The molecule has 0 fully saturated rings. The number of carbonyl (C=O) groups is 1. The molecule has 0 aromatic heterocycles. The van der Waals surface area contributed by atoms with Crippen LogP contribution in [-0.4, -0.2) is 29.1 Å². The maximum absolute atomic E-state index is 9.75. The largest absolute Gasteiger partial charge is 0.465 e. The Hall–Kier alpha value is -0.810. The van der Waals surface area contributed by atoms with Gasteiger partial charge >= 0.3 is 6.09 Å². The highest BCUT2D eigenvalue weighted by Gasteiger charge is 1.96. The highest BCUT2D eigenvalue weighted by Crippen LogP contribution is 1.77. The molecule has 0 spiro atoms. The standard InChI is InChI=1S/C4H10N2O3/c5-3(7)1-2-6-4(8)9/h3,6-7H,1-2,5H2,(H,8,9). The molecule has 0 saturated carbocycles. The third kappa shape index (κ3) is 7.19. The van der Waals surface area contributed by atoms with E-state index in [4.69, 9.17) is 15.9 Å². The van der Waals surface area contributed by atoms with Crippen LogP contribution in [0.5, 0.6) is 0 Å². The van der Waals surface area contributed by atoms with Gasteiger partial charge in [0.2, 0.25) is 0 Å². The molecule has 0 rings (SSSR count). The van der Waals surface area contributed by atoms with Crippen LogP contribution in [0, 0.1) is 0 Å². The Kier molecular flexibility index (Phi) is 3.74. The molecule has 0 aromatic rings. The Bertz CT molecular complexity index is 93.8. The zero-order valence-corrected chi connectivity index (χ0v) is 4.87. The molecule has 0 heterocycles. The Morgan fingerprint density at radius 1 is 1.78 bits per heavy atom. The fourth-order valence-corrected chi connectivity index (χ4v) is 0.327. The number of hydrogen-bond acceptors (Lipinski definition) is 3. The lowest BCUT2D eigenvalue weighted by molar-refractivity contribution is 0.166. The molecule has 1 amide bonds. The predicted molar refractivity (Wildman–Crippen MR) is 30.8 cm³/mol. The molecule has 0 radical (unpaired) electrons. The van der Waals surface area contributed by atoms with Gasteiger partial charge in [-0.05, 0) is 0 Å². The van der Waals surface area contributed by atoms with Gasteiger partial charge < -0.3 is 21.3 Å². The molecule has 0 bridgehead atoms. The van der Waals surface area contributed by atoms with E-state index in [9.17, 15) is 4.79 Å². The second-order valence-electron chi connectivity index (χ2n) is 1.59. The summed E-state index contributed by atoms with van der Waals surface area (Å²) in [5, 5.41) is 18.5. The first-order chi connectivity index (χ1) is 4.13. The summed E-state index contributed by atoms with van der Waals surface area (Å²) in [6.07, 6.45) is -1.79. The Morgan fingerprint density at radius 2 is 2.33 bits per heavy atom. The van der Waals surface area contributed by atoms with E-state index in [-0.39, 0.29) is 13.0 Å². The smallest absolute Gasteiger partial charge is 0.404 e. The van der Waals surface area contributed by atoms with Crippen LogP contribution in [0.15, 0.2) is 0 Å². The predicted octanol–water partition coefficient (Wildman–Crippen LogP) is -1.08. The Balaban J connectivity index is 3.01. The molecule has 5 N–H and O–H groups in total. The molecule has 0 aliphatic rings. The lowest BCUT2D eigenvalue weighted by Gasteiger charge is -2.01. The number of aliphatic hydroxyl groups is 1. The molecule has 0 saturated heterocycles. The van der Waals surface area contributed by atoms with Gasteiger partial charge in [0.15, 0.2) is 0 Å². The van der Waals surface area contributed by atoms with Crippen molar-refractivity contribution in [1.82, 2.24) is 5.32 Å². The van der Waals surface area contributed by atoms with Gasteiger partial charge in [-0.3, -0.25) is 0 Å². The second kappa shape index (κ2) is 4.11. The van der Waals surface area contributed by atoms with Gasteiger partial charge in [0.25, 0.3) is 0 Å². The quantitative estimate of drug-likeness (QED) is 0.369. The summed E-state index contributed by atoms with van der Waals surface area (Å²) in [7, 11) is 0. The van der Waals surface area contributed by atoms with Crippen LogP contribution < -0.4 is 11.1 Å². The van der Waals surface area contributed by atoms with Crippen molar-refractivity contribution >= 4 is 6.09 Å². The number of nitrogens with one attached hydrogen (secondary N) is 1. The minimum Gasteiger partial charge on any atom is -0.465 e. The number of carboxylic acid groups (broad SMARTS) is 1. The first-order valence-electron chi connectivity index (χ1n) is 2.53. The molecule has 0 aliphatic heterocycles. The first kappa shape index (κ1) is 8.19. The second-order valence-corrected chi connectivity index (χ2v) is 1.59. The van der Waals surface area contributed by atoms with Gasteiger partial charge in [-0.25, -0.2) is 4.79 Å². The molecular formula is C4H10N2O3. The average Bonchev–Trinajstić information content (AvgIpc) is 1.63. The Labute approximate surface area is 52.5 Å². The monoisotopic (exact) mass is 134 g/mol. The maximum Gasteiger partial charge on any atom is 0.404 e. The molecular weight excluding hydrogens is 124 g/mol. The third-order valence-electron chi connectivity index (χ3n) is 0.716. The maximum atomic E-state index is 9.75. The van der Waals surface area contributed by atoms with Gasteiger partial charge in [-0.2, -0.15) is 0 Å². The van der Waals surface area contributed by atoms with E-state index >= 15 is 0 Å². The van der Waals surface area contributed by atoms with E-state index in [0.717, 1.165) is 0 Å². The minimum absolute atomic E-state index is 0.188. The van der Waals surface area contributed by atoms with Crippen LogP contribution in [-0.2, 0) is 0 Å². The number of aliphatic hydroxyl groups excluding tert-OH is 1. The number of rotatable bonds is 3. The lowest BCUT2D eigenvalue weighted by atomic mass is 10.4. The van der Waals surface area contributed by atoms with Crippen molar-refractivity contribution in [2.45, 2.75) is 12.6 Å². The molecule has 9 heavy (non-hydrogen) atoms. The van der Waals surface area contributed by atoms with E-state index in [1.807, 2.05) is 0 Å². The van der Waals surface area contributed by atoms with Crippen molar-refractivity contribution < 1.29 is 15.0 Å². The molecule has 1 unspecified atom stereocenters. The summed E-state index contributed by atoms with van der Waals surface area (Å²) in [6, 6.07) is 0. The van der Waals surface area contributed by atoms with Crippen LogP contribution in [0.1, 0.15) is 6.42 Å². The van der Waals surface area contributed by atoms with Gasteiger partial charge in [-0.1, -0.05) is 0 Å². The SMILES string of the molecule is NC(O)CCNC(=O)O. The zero-order valence-electron chi connectivity index (χ0n) is 4.87. The minimum atomic E-state index is -1.10. The van der Waals surface area contributed by atoms with E-state index < -0.39 is 12.3 Å². The van der Waals surface area contributed by atoms with E-state index in [2.05, 4.69) is 5.32 Å². The van der Waals surface area contributed by atoms with Crippen molar-refractivity contribution in [2.24, 2.45) is 5.73 Å². The summed E-state index contributed by atoms with van der Waals surface area (Å²) >= 11 is 0. The number of nitrogens with two attached hydrogens (primary N) is 1. The zero-order chi connectivity index (χ0) is 7.28. The van der Waals surface area contributed by atoms with Crippen molar-refractivity contribution in [3.05, 3.63) is 0 Å². The van der Waals surface area contributed by atoms with Gasteiger partial charge in [0.1, 0.15) is 6.23 Å². The highest BCUT2D eigenvalue weighted by molar-refractivity contribution is 5.64. The molecule has 0 aliphatic carbocycles. The van der Waals surface area contributed by atoms with Crippen molar-refractivity contribution in [2.75, 3.05) is 6.54 Å². The average molecular weight is 134 g/mol. The summed E-state index contributed by atoms with van der Waals surface area (Å²) in [6.45, 7) is 0.188. The number of hydrogen-bond donors (Lipinski definition) is 4. The van der Waals surface area contributed by atoms with Crippen LogP contribution in [0.3, 0.4) is 0 Å². The molecule has 54 valence electrons. The van der Waals surface area contributed by atoms with Crippen molar-refractivity contribution in [3.63, 3.8) is 0 Å². The fourth-order valence-electron chi connectivity index (χ4n) is 0.327. The summed E-state index contributed by atoms with van der Waals surface area (Å²) in [5.41, 5.74) is 4.90. The van der Waals surface area contributed by atoms with E-state index in [1.165, 1.54) is 0 Å². The summed E-state index contributed by atoms with van der Waals surface area (Å²) in [4.78, 5) is 9.75. The van der Waals surface area contributed by atoms with Crippen molar-refractivity contribution in [1.29, 1.82) is 0 Å². The third-order valence-corrected chi connectivity index (χ3v) is 0.716. The first-order valence-corrected chi connectivity index (χ1v) is 2.53. The van der Waals surface area contributed by atoms with Gasteiger partial charge in [0, 0.05) is 13.0 Å². The van der Waals surface area contributed by atoms with E-state index in [1.54, 1.807) is 0 Å². The summed E-state index contributed by atoms with van der Waals surface area (Å²) < 4.78 is 0. The molecule has 1 atom stereocenters. The topological polar surface area (TPSA) is 95.6 Å². The molecule has 0 aromatic carbocycles. The fraction of sp³-hybridized carbons (Fsp3) is 0.750. The molecule has 5 nitrogen and oxygen atoms in total. The summed E-state index contributed by atoms with van der Waals surface area (Å²) in [5.74, 6) is 0. The normalized spacial score (nSPS) is 12.7. The lowest BCUT2D eigenvalue weighted by Crippen LogP contribution is -2.28. The van der Waals surface area contributed by atoms with Crippen LogP contribution in [0.2, 0.25) is 0 Å². The highest BCUT2D eigenvalue weighted by atomic mass is 16.4. The van der Waals surface area contributed by atoms with Gasteiger partial charge in [-0.15, -0.1) is 0 Å².